The number of carbonyl (C=O) groups is 1. The summed E-state index contributed by atoms with van der Waals surface area (Å²) < 4.78 is 31.6. The Balaban J connectivity index is 1.75. The van der Waals surface area contributed by atoms with Crippen molar-refractivity contribution in [3.63, 3.8) is 0 Å². The maximum atomic E-state index is 13.2. The summed E-state index contributed by atoms with van der Waals surface area (Å²) in [4.78, 5) is 14.1. The van der Waals surface area contributed by atoms with Gasteiger partial charge in [0.05, 0.1) is 7.11 Å². The van der Waals surface area contributed by atoms with Gasteiger partial charge in [-0.15, -0.1) is 11.8 Å². The number of rotatable bonds is 3. The summed E-state index contributed by atoms with van der Waals surface area (Å²) in [5.41, 5.74) is 1.07. The number of amides is 2. The van der Waals surface area contributed by atoms with Gasteiger partial charge in [-0.05, 0) is 29.8 Å². The molecule has 0 aromatic heterocycles. The van der Waals surface area contributed by atoms with Gasteiger partial charge in [-0.2, -0.15) is 0 Å². The topological polar surface area (TPSA) is 41.6 Å². The number of carbonyl (C=O) groups excluding carboxylic acids is 1. The summed E-state index contributed by atoms with van der Waals surface area (Å²) in [7, 11) is 1.59. The molecular weight excluding hydrogens is 334 g/mol. The van der Waals surface area contributed by atoms with Crippen molar-refractivity contribution in [1.29, 1.82) is 0 Å². The molecule has 0 saturated carbocycles. The van der Waals surface area contributed by atoms with Crippen LogP contribution in [0.1, 0.15) is 10.9 Å². The summed E-state index contributed by atoms with van der Waals surface area (Å²) in [6.07, 6.45) is 0. The second-order valence-corrected chi connectivity index (χ2v) is 6.47. The lowest BCUT2D eigenvalue weighted by atomic mass is 10.2. The first-order valence-electron chi connectivity index (χ1n) is 7.36. The molecule has 1 heterocycles. The van der Waals surface area contributed by atoms with Crippen molar-refractivity contribution in [2.45, 2.75) is 5.37 Å². The van der Waals surface area contributed by atoms with Crippen LogP contribution in [-0.4, -0.2) is 30.3 Å². The van der Waals surface area contributed by atoms with Gasteiger partial charge < -0.3 is 15.0 Å². The summed E-state index contributed by atoms with van der Waals surface area (Å²) in [6.45, 7) is 0.561. The van der Waals surface area contributed by atoms with Gasteiger partial charge in [0.2, 0.25) is 0 Å². The number of thioether (sulfide) groups is 1. The first-order chi connectivity index (χ1) is 11.6. The standard InChI is InChI=1S/C17H16F2N2O2S/c1-23-15-4-2-11(3-5-15)16-21(6-7-24-16)17(22)20-14-9-12(18)8-13(19)10-14/h2-5,8-10,16H,6-7H2,1H3,(H,20,22). The number of nitrogens with zero attached hydrogens (tertiary/aromatic N) is 1. The monoisotopic (exact) mass is 350 g/mol. The Morgan fingerprint density at radius 1 is 1.21 bits per heavy atom. The minimum atomic E-state index is -0.729. The third kappa shape index (κ3) is 3.62. The molecule has 0 aliphatic carbocycles. The summed E-state index contributed by atoms with van der Waals surface area (Å²) in [5.74, 6) is 0.0790. The molecule has 0 radical (unpaired) electrons. The molecule has 2 amide bonds. The number of ether oxygens (including phenoxy) is 1. The van der Waals surface area contributed by atoms with Crippen LogP contribution in [0.5, 0.6) is 5.75 Å². The fourth-order valence-electron chi connectivity index (χ4n) is 2.54. The van der Waals surface area contributed by atoms with Crippen LogP contribution in [0.15, 0.2) is 42.5 Å². The fourth-order valence-corrected chi connectivity index (χ4v) is 3.80. The average molecular weight is 350 g/mol. The van der Waals surface area contributed by atoms with Crippen LogP contribution >= 0.6 is 11.8 Å². The molecule has 0 bridgehead atoms. The van der Waals surface area contributed by atoms with Gasteiger partial charge in [0.25, 0.3) is 0 Å². The third-order valence-corrected chi connectivity index (χ3v) is 4.93. The number of anilines is 1. The highest BCUT2D eigenvalue weighted by atomic mass is 32.2. The molecule has 2 aromatic carbocycles. The lowest BCUT2D eigenvalue weighted by Crippen LogP contribution is -2.34. The Bertz CT molecular complexity index is 720. The van der Waals surface area contributed by atoms with Gasteiger partial charge in [-0.1, -0.05) is 12.1 Å². The number of hydrogen-bond acceptors (Lipinski definition) is 3. The molecule has 2 aromatic rings. The molecule has 1 atom stereocenters. The second-order valence-electron chi connectivity index (χ2n) is 5.28. The van der Waals surface area contributed by atoms with Gasteiger partial charge in [-0.25, -0.2) is 13.6 Å². The zero-order valence-electron chi connectivity index (χ0n) is 13.0. The van der Waals surface area contributed by atoms with Crippen LogP contribution in [0.2, 0.25) is 0 Å². The maximum Gasteiger partial charge on any atom is 0.323 e. The van der Waals surface area contributed by atoms with Crippen LogP contribution < -0.4 is 10.1 Å². The van der Waals surface area contributed by atoms with Crippen molar-refractivity contribution in [2.75, 3.05) is 24.7 Å². The highest BCUT2D eigenvalue weighted by Crippen LogP contribution is 2.38. The molecule has 3 rings (SSSR count). The van der Waals surface area contributed by atoms with E-state index in [4.69, 9.17) is 4.74 Å². The molecular formula is C17H16F2N2O2S. The molecule has 1 saturated heterocycles. The maximum absolute atomic E-state index is 13.2. The lowest BCUT2D eigenvalue weighted by molar-refractivity contribution is 0.214. The van der Waals surface area contributed by atoms with Gasteiger partial charge in [0, 0.05) is 24.1 Å². The Morgan fingerprint density at radius 3 is 2.50 bits per heavy atom. The van der Waals surface area contributed by atoms with E-state index in [1.165, 1.54) is 0 Å². The number of benzene rings is 2. The highest BCUT2D eigenvalue weighted by Gasteiger charge is 2.30. The molecule has 1 aliphatic heterocycles. The van der Waals surface area contributed by atoms with Gasteiger partial charge in [-0.3, -0.25) is 0 Å². The van der Waals surface area contributed by atoms with Gasteiger partial charge in [0.1, 0.15) is 22.8 Å². The zero-order valence-corrected chi connectivity index (χ0v) is 13.8. The van der Waals surface area contributed by atoms with Crippen LogP contribution in [0.25, 0.3) is 0 Å². The number of methoxy groups -OCH3 is 1. The number of hydrogen-bond donors (Lipinski definition) is 1. The number of nitrogens with one attached hydrogen (secondary N) is 1. The van der Waals surface area contributed by atoms with Crippen LogP contribution in [0.3, 0.4) is 0 Å². The van der Waals surface area contributed by atoms with Crippen molar-refractivity contribution >= 4 is 23.5 Å². The average Bonchev–Trinajstić information content (AvgIpc) is 3.03. The van der Waals surface area contributed by atoms with E-state index >= 15 is 0 Å². The first kappa shape index (κ1) is 16.6. The van der Waals surface area contributed by atoms with Crippen molar-refractivity contribution < 1.29 is 18.3 Å². The minimum absolute atomic E-state index is 0.0999. The summed E-state index contributed by atoms with van der Waals surface area (Å²) in [5, 5.41) is 2.41. The van der Waals surface area contributed by atoms with E-state index in [0.717, 1.165) is 35.3 Å². The molecule has 1 unspecified atom stereocenters. The second kappa shape index (κ2) is 7.09. The van der Waals surface area contributed by atoms with Crippen molar-refractivity contribution in [1.82, 2.24) is 4.90 Å². The Morgan fingerprint density at radius 2 is 1.88 bits per heavy atom. The zero-order chi connectivity index (χ0) is 17.1. The molecule has 7 heteroatoms. The number of urea groups is 1. The SMILES string of the molecule is COc1ccc(C2SCCN2C(=O)Nc2cc(F)cc(F)c2)cc1. The molecule has 0 spiro atoms. The Hall–Kier alpha value is -2.28. The largest absolute Gasteiger partial charge is 0.497 e. The van der Waals surface area contributed by atoms with E-state index in [-0.39, 0.29) is 17.1 Å². The van der Waals surface area contributed by atoms with E-state index in [1.54, 1.807) is 23.8 Å². The van der Waals surface area contributed by atoms with E-state index in [1.807, 2.05) is 24.3 Å². The predicted molar refractivity (Wildman–Crippen MR) is 90.3 cm³/mol. The molecule has 126 valence electrons. The van der Waals surface area contributed by atoms with Crippen molar-refractivity contribution in [2.24, 2.45) is 0 Å². The first-order valence-corrected chi connectivity index (χ1v) is 8.41. The van der Waals surface area contributed by atoms with E-state index in [0.29, 0.717) is 6.54 Å². The van der Waals surface area contributed by atoms with E-state index in [9.17, 15) is 13.6 Å². The van der Waals surface area contributed by atoms with Crippen LogP contribution in [0.4, 0.5) is 19.3 Å². The van der Waals surface area contributed by atoms with Crippen LogP contribution in [-0.2, 0) is 0 Å². The fraction of sp³-hybridized carbons (Fsp3) is 0.235. The van der Waals surface area contributed by atoms with E-state index < -0.39 is 11.6 Å². The molecule has 4 nitrogen and oxygen atoms in total. The molecule has 1 fully saturated rings. The third-order valence-electron chi connectivity index (χ3n) is 3.67. The highest BCUT2D eigenvalue weighted by molar-refractivity contribution is 7.99. The number of halogens is 2. The summed E-state index contributed by atoms with van der Waals surface area (Å²) >= 11 is 1.64. The van der Waals surface area contributed by atoms with Crippen LogP contribution in [0, 0.1) is 11.6 Å². The van der Waals surface area contributed by atoms with E-state index in [2.05, 4.69) is 5.32 Å². The predicted octanol–water partition coefficient (Wildman–Crippen LogP) is 4.25. The molecule has 24 heavy (non-hydrogen) atoms. The lowest BCUT2D eigenvalue weighted by Gasteiger charge is -2.24. The quantitative estimate of drug-likeness (QED) is 0.900. The normalized spacial score (nSPS) is 17.0. The summed E-state index contributed by atoms with van der Waals surface area (Å²) in [6, 6.07) is 10.1. The Labute approximate surface area is 142 Å². The smallest absolute Gasteiger partial charge is 0.323 e. The van der Waals surface area contributed by atoms with Gasteiger partial charge in [0.15, 0.2) is 0 Å². The Kier molecular flexibility index (Phi) is 4.89. The minimum Gasteiger partial charge on any atom is -0.497 e. The molecule has 1 aliphatic rings. The molecule has 1 N–H and O–H groups in total. The van der Waals surface area contributed by atoms with Crippen molar-refractivity contribution in [3.05, 3.63) is 59.7 Å². The van der Waals surface area contributed by atoms with Crippen molar-refractivity contribution in [3.8, 4) is 5.75 Å². The van der Waals surface area contributed by atoms with Gasteiger partial charge >= 0.3 is 6.03 Å².